The summed E-state index contributed by atoms with van der Waals surface area (Å²) in [6.45, 7) is 4.30. The summed E-state index contributed by atoms with van der Waals surface area (Å²) >= 11 is 0. The molecule has 0 bridgehead atoms. The Balaban J connectivity index is 1.20. The van der Waals surface area contributed by atoms with Crippen LogP contribution in [0.25, 0.3) is 60.3 Å². The molecule has 0 radical (unpaired) electrons. The number of para-hydroxylation sites is 2. The van der Waals surface area contributed by atoms with Gasteiger partial charge in [-0.25, -0.2) is 0 Å². The van der Waals surface area contributed by atoms with Gasteiger partial charge in [-0.1, -0.05) is 135 Å². The van der Waals surface area contributed by atoms with Gasteiger partial charge in [-0.15, -0.1) is 13.2 Å². The minimum Gasteiger partial charge on any atom is -0.406 e. The molecule has 0 unspecified atom stereocenters. The molecule has 0 aliphatic heterocycles. The van der Waals surface area contributed by atoms with Crippen molar-refractivity contribution >= 4 is 55.2 Å². The fourth-order valence-electron chi connectivity index (χ4n) is 10.5. The fraction of sp³-hybridized carbons (Fsp3) is 0.0943. The normalized spacial score (nSPS) is 13.8. The number of rotatable bonds is 5. The lowest BCUT2D eigenvalue weighted by Crippen LogP contribution is -2.26. The topological polar surface area (TPSA) is 16.9 Å². The monoisotopic (exact) mass is 772 g/mol. The maximum Gasteiger partial charge on any atom is 0.573 e. The molecular weight excluding hydrogens is 738 g/mol. The Morgan fingerprint density at radius 2 is 1.12 bits per heavy atom. The number of benzene rings is 8. The Kier molecular flexibility index (Phi) is 6.92. The molecule has 2 aliphatic rings. The zero-order chi connectivity index (χ0) is 39.8. The molecule has 10 aromatic rings. The van der Waals surface area contributed by atoms with Crippen LogP contribution >= 0.6 is 0 Å². The second-order valence-electron chi connectivity index (χ2n) is 16.1. The van der Waals surface area contributed by atoms with Crippen molar-refractivity contribution in [1.29, 1.82) is 0 Å². The number of alkyl halides is 3. The average Bonchev–Trinajstić information content (AvgIpc) is 3.95. The molecule has 0 fully saturated rings. The summed E-state index contributed by atoms with van der Waals surface area (Å²) in [6.07, 6.45) is -4.83. The van der Waals surface area contributed by atoms with Gasteiger partial charge < -0.3 is 14.0 Å². The lowest BCUT2D eigenvalue weighted by molar-refractivity contribution is -0.274. The first-order valence-corrected chi connectivity index (χ1v) is 20.0. The summed E-state index contributed by atoms with van der Waals surface area (Å²) in [6, 6.07) is 58.7. The first-order valence-electron chi connectivity index (χ1n) is 20.0. The Labute approximate surface area is 338 Å². The lowest BCUT2D eigenvalue weighted by atomic mass is 9.70. The maximum absolute atomic E-state index is 13.6. The fourth-order valence-corrected chi connectivity index (χ4v) is 10.5. The van der Waals surface area contributed by atoms with Crippen molar-refractivity contribution in [1.82, 2.24) is 4.40 Å². The highest BCUT2D eigenvalue weighted by molar-refractivity contribution is 6.26. The third-order valence-corrected chi connectivity index (χ3v) is 12.8. The molecular formula is C53H35F3N2O. The number of nitrogens with zero attached hydrogens (tertiary/aromatic N) is 2. The molecule has 2 aliphatic carbocycles. The molecule has 2 heterocycles. The van der Waals surface area contributed by atoms with Crippen molar-refractivity contribution < 1.29 is 17.9 Å². The van der Waals surface area contributed by atoms with Crippen LogP contribution in [-0.2, 0) is 5.41 Å². The number of halogens is 3. The summed E-state index contributed by atoms with van der Waals surface area (Å²) in [7, 11) is 0. The van der Waals surface area contributed by atoms with E-state index in [1.54, 1.807) is 6.07 Å². The standard InChI is InChI=1S/C53H35F3N2O/c1-31(2)32-21-23-33(24-22-32)57(34-11-9-12-36(29-34)59-53(54,55)56)35-25-26-43-47(30-35)52(44-18-6-3-13-37(44)38-14-4-7-19-45(38)52)46-28-27-42-41-17-10-16-40-39-15-5-8-20-48(39)58(50(40)41)51(42)49(43)46/h3-31H,1-2H3. The van der Waals surface area contributed by atoms with Gasteiger partial charge in [0.25, 0.3) is 0 Å². The molecule has 0 amide bonds. The molecule has 3 nitrogen and oxygen atoms in total. The quantitative estimate of drug-likeness (QED) is 0.173. The van der Waals surface area contributed by atoms with Crippen LogP contribution in [0.15, 0.2) is 170 Å². The van der Waals surface area contributed by atoms with Gasteiger partial charge in [0.05, 0.1) is 22.0 Å². The summed E-state index contributed by atoms with van der Waals surface area (Å²) < 4.78 is 47.8. The molecule has 0 saturated carbocycles. The van der Waals surface area contributed by atoms with Crippen LogP contribution in [0.3, 0.4) is 0 Å². The second kappa shape index (κ2) is 12.0. The van der Waals surface area contributed by atoms with Crippen LogP contribution in [0.5, 0.6) is 5.75 Å². The van der Waals surface area contributed by atoms with Crippen LogP contribution in [-0.4, -0.2) is 10.8 Å². The average molecular weight is 773 g/mol. The highest BCUT2D eigenvalue weighted by Gasteiger charge is 2.52. The van der Waals surface area contributed by atoms with Crippen LogP contribution in [0.1, 0.15) is 47.6 Å². The van der Waals surface area contributed by atoms with Gasteiger partial charge in [0.2, 0.25) is 0 Å². The van der Waals surface area contributed by atoms with E-state index in [1.807, 2.05) is 11.0 Å². The summed E-state index contributed by atoms with van der Waals surface area (Å²) in [4.78, 5) is 2.04. The molecule has 0 atom stereocenters. The third-order valence-electron chi connectivity index (χ3n) is 12.8. The van der Waals surface area contributed by atoms with Gasteiger partial charge in [0, 0.05) is 50.2 Å². The number of fused-ring (bicyclic) bond motifs is 17. The first kappa shape index (κ1) is 34.0. The molecule has 8 aromatic carbocycles. The molecule has 12 rings (SSSR count). The van der Waals surface area contributed by atoms with Crippen molar-refractivity contribution in [2.45, 2.75) is 31.5 Å². The Hall–Kier alpha value is -7.05. The molecule has 59 heavy (non-hydrogen) atoms. The van der Waals surface area contributed by atoms with Gasteiger partial charge in [-0.05, 0) is 92.9 Å². The molecule has 0 N–H and O–H groups in total. The SMILES string of the molecule is CC(C)c1ccc(N(c2cccc(OC(F)(F)F)c2)c2ccc3c(c2)C2(c4ccccc4-c4ccccc42)c2ccc4c5cccc6c7ccccc7n(c4c2-3)c65)cc1. The van der Waals surface area contributed by atoms with Gasteiger partial charge in [0.1, 0.15) is 5.75 Å². The van der Waals surface area contributed by atoms with Gasteiger partial charge in [0.15, 0.2) is 0 Å². The van der Waals surface area contributed by atoms with Crippen molar-refractivity contribution in [3.8, 4) is 28.0 Å². The number of ether oxygens (including phenoxy) is 1. The summed E-state index contributed by atoms with van der Waals surface area (Å²) in [5, 5.41) is 4.89. The Morgan fingerprint density at radius 3 is 1.85 bits per heavy atom. The van der Waals surface area contributed by atoms with Crippen molar-refractivity contribution in [2.24, 2.45) is 0 Å². The van der Waals surface area contributed by atoms with Crippen molar-refractivity contribution in [2.75, 3.05) is 4.90 Å². The molecule has 2 aromatic heterocycles. The minimum absolute atomic E-state index is 0.275. The first-order chi connectivity index (χ1) is 28.7. The van der Waals surface area contributed by atoms with E-state index >= 15 is 0 Å². The number of anilines is 3. The Bertz CT molecular complexity index is 3290. The van der Waals surface area contributed by atoms with E-state index < -0.39 is 11.8 Å². The number of hydrogen-bond donors (Lipinski definition) is 0. The molecule has 284 valence electrons. The van der Waals surface area contributed by atoms with E-state index in [1.165, 1.54) is 89.2 Å². The molecule has 0 saturated heterocycles. The van der Waals surface area contributed by atoms with Crippen LogP contribution in [0.2, 0.25) is 0 Å². The van der Waals surface area contributed by atoms with Gasteiger partial charge in [-0.3, -0.25) is 0 Å². The third kappa shape index (κ3) is 4.60. The molecule has 1 spiro atoms. The number of hydrogen-bond acceptors (Lipinski definition) is 2. The van der Waals surface area contributed by atoms with E-state index in [-0.39, 0.29) is 5.75 Å². The predicted octanol–water partition coefficient (Wildman–Crippen LogP) is 14.7. The van der Waals surface area contributed by atoms with Gasteiger partial charge in [-0.2, -0.15) is 0 Å². The largest absolute Gasteiger partial charge is 0.573 e. The van der Waals surface area contributed by atoms with Gasteiger partial charge >= 0.3 is 6.36 Å². The van der Waals surface area contributed by atoms with E-state index in [0.717, 1.165) is 22.5 Å². The zero-order valence-electron chi connectivity index (χ0n) is 32.2. The lowest BCUT2D eigenvalue weighted by Gasteiger charge is -2.32. The number of aromatic nitrogens is 1. The Morgan fingerprint density at radius 1 is 0.508 bits per heavy atom. The highest BCUT2D eigenvalue weighted by Crippen LogP contribution is 2.65. The van der Waals surface area contributed by atoms with Crippen molar-refractivity contribution in [3.63, 3.8) is 0 Å². The zero-order valence-corrected chi connectivity index (χ0v) is 32.2. The minimum atomic E-state index is -4.83. The maximum atomic E-state index is 13.6. The second-order valence-corrected chi connectivity index (χ2v) is 16.1. The van der Waals surface area contributed by atoms with E-state index in [9.17, 15) is 13.2 Å². The molecule has 6 heteroatoms. The highest BCUT2D eigenvalue weighted by atomic mass is 19.4. The summed E-state index contributed by atoms with van der Waals surface area (Å²) in [5.74, 6) is 0.0382. The van der Waals surface area contributed by atoms with E-state index in [0.29, 0.717) is 11.6 Å². The van der Waals surface area contributed by atoms with E-state index in [2.05, 4.69) is 169 Å². The van der Waals surface area contributed by atoms with Crippen LogP contribution in [0.4, 0.5) is 30.2 Å². The van der Waals surface area contributed by atoms with E-state index in [4.69, 9.17) is 0 Å². The smallest absolute Gasteiger partial charge is 0.406 e. The van der Waals surface area contributed by atoms with Crippen molar-refractivity contribution in [3.05, 3.63) is 198 Å². The predicted molar refractivity (Wildman–Crippen MR) is 233 cm³/mol. The summed E-state index contributed by atoms with van der Waals surface area (Å²) in [5.41, 5.74) is 15.8. The van der Waals surface area contributed by atoms with Crippen LogP contribution in [0, 0.1) is 0 Å². The van der Waals surface area contributed by atoms with Crippen LogP contribution < -0.4 is 9.64 Å².